The standard InChI is InChI=1S/C28H31NO7/c1-28(2,3)36-27(33)18-7-5-17(6-8-18)19-9-10-20-21(16-30)25(26(32)29-22(20)15-19)23(31)11-12-24-34-13-4-14-35-24/h5-10,15,24,30H,4,11-14,16H2,1-3H3,(H,29,32). The summed E-state index contributed by atoms with van der Waals surface area (Å²) in [6.07, 6.45) is 0.789. The number of aliphatic hydroxyl groups excluding tert-OH is 1. The van der Waals surface area contributed by atoms with Gasteiger partial charge in [0.05, 0.1) is 30.9 Å². The van der Waals surface area contributed by atoms with Gasteiger partial charge < -0.3 is 24.3 Å². The molecule has 0 aliphatic carbocycles. The molecule has 3 aromatic rings. The first kappa shape index (κ1) is 25.8. The highest BCUT2D eigenvalue weighted by Gasteiger charge is 2.22. The Hall–Kier alpha value is -3.33. The van der Waals surface area contributed by atoms with Crippen molar-refractivity contribution in [2.45, 2.75) is 58.5 Å². The van der Waals surface area contributed by atoms with Gasteiger partial charge in [-0.3, -0.25) is 9.59 Å². The summed E-state index contributed by atoms with van der Waals surface area (Å²) >= 11 is 0. The number of rotatable bonds is 7. The Balaban J connectivity index is 1.59. The van der Waals surface area contributed by atoms with E-state index >= 15 is 0 Å². The molecule has 0 bridgehead atoms. The second-order valence-corrected chi connectivity index (χ2v) is 9.79. The number of aromatic amines is 1. The number of nitrogens with one attached hydrogen (secondary N) is 1. The number of aromatic nitrogens is 1. The molecule has 0 atom stereocenters. The van der Waals surface area contributed by atoms with Crippen molar-refractivity contribution >= 4 is 22.7 Å². The molecule has 8 heteroatoms. The van der Waals surface area contributed by atoms with Crippen molar-refractivity contribution < 1.29 is 28.9 Å². The maximum absolute atomic E-state index is 12.9. The van der Waals surface area contributed by atoms with Crippen LogP contribution in [0.5, 0.6) is 0 Å². The first-order valence-corrected chi connectivity index (χ1v) is 12.1. The van der Waals surface area contributed by atoms with Crippen molar-refractivity contribution in [1.82, 2.24) is 4.98 Å². The summed E-state index contributed by atoms with van der Waals surface area (Å²) in [5.74, 6) is -0.759. The van der Waals surface area contributed by atoms with Crippen LogP contribution in [0, 0.1) is 0 Å². The van der Waals surface area contributed by atoms with Crippen LogP contribution in [0.25, 0.3) is 22.0 Å². The number of Topliss-reactive ketones (excluding diaryl/α,β-unsaturated/α-hetero) is 1. The summed E-state index contributed by atoms with van der Waals surface area (Å²) in [5.41, 5.74) is 1.74. The third kappa shape index (κ3) is 5.90. The maximum atomic E-state index is 12.9. The van der Waals surface area contributed by atoms with Crippen LogP contribution in [0.15, 0.2) is 47.3 Å². The van der Waals surface area contributed by atoms with Crippen molar-refractivity contribution in [2.75, 3.05) is 13.2 Å². The predicted molar refractivity (Wildman–Crippen MR) is 135 cm³/mol. The molecular weight excluding hydrogens is 462 g/mol. The molecule has 0 spiro atoms. The predicted octanol–water partition coefficient (Wildman–Crippen LogP) is 4.37. The first-order chi connectivity index (χ1) is 17.2. The molecule has 2 N–H and O–H groups in total. The summed E-state index contributed by atoms with van der Waals surface area (Å²) in [5, 5.41) is 10.7. The van der Waals surface area contributed by atoms with Crippen molar-refractivity contribution in [1.29, 1.82) is 0 Å². The fourth-order valence-corrected chi connectivity index (χ4v) is 4.22. The Kier molecular flexibility index (Phi) is 7.68. The summed E-state index contributed by atoms with van der Waals surface area (Å²) in [6, 6.07) is 12.4. The molecular formula is C28H31NO7. The Morgan fingerprint density at radius 1 is 1.06 bits per heavy atom. The van der Waals surface area contributed by atoms with Crippen molar-refractivity contribution in [3.05, 3.63) is 69.5 Å². The van der Waals surface area contributed by atoms with E-state index in [1.54, 1.807) is 36.4 Å². The van der Waals surface area contributed by atoms with E-state index < -0.39 is 30.0 Å². The van der Waals surface area contributed by atoms with E-state index in [-0.39, 0.29) is 17.8 Å². The minimum absolute atomic E-state index is 0.0322. The SMILES string of the molecule is CC(C)(C)OC(=O)c1ccc(-c2ccc3c(CO)c(C(=O)CCC4OCCCO4)c(=O)[nH]c3c2)cc1. The Bertz CT molecular complexity index is 1310. The molecule has 2 heterocycles. The third-order valence-corrected chi connectivity index (χ3v) is 5.91. The van der Waals surface area contributed by atoms with E-state index in [2.05, 4.69) is 4.98 Å². The number of hydrogen-bond acceptors (Lipinski definition) is 7. The lowest BCUT2D eigenvalue weighted by Crippen LogP contribution is -2.27. The molecule has 1 saturated heterocycles. The van der Waals surface area contributed by atoms with Crippen molar-refractivity contribution in [3.8, 4) is 11.1 Å². The van der Waals surface area contributed by atoms with Gasteiger partial charge in [-0.25, -0.2) is 4.79 Å². The normalized spacial score (nSPS) is 14.7. The average molecular weight is 494 g/mol. The molecule has 190 valence electrons. The zero-order valence-corrected chi connectivity index (χ0v) is 20.8. The van der Waals surface area contributed by atoms with Crippen LogP contribution in [-0.4, -0.2) is 46.9 Å². The molecule has 0 radical (unpaired) electrons. The highest BCUT2D eigenvalue weighted by Crippen LogP contribution is 2.27. The van der Waals surface area contributed by atoms with Gasteiger partial charge in [0.15, 0.2) is 12.1 Å². The number of fused-ring (bicyclic) bond motifs is 1. The largest absolute Gasteiger partial charge is 0.456 e. The number of aliphatic hydroxyl groups is 1. The Morgan fingerprint density at radius 3 is 2.36 bits per heavy atom. The van der Waals surface area contributed by atoms with Crippen LogP contribution >= 0.6 is 0 Å². The van der Waals surface area contributed by atoms with E-state index in [1.807, 2.05) is 26.8 Å². The van der Waals surface area contributed by atoms with Gasteiger partial charge in [-0.1, -0.05) is 24.3 Å². The molecule has 1 aromatic heterocycles. The molecule has 1 aliphatic heterocycles. The monoisotopic (exact) mass is 493 g/mol. The molecule has 4 rings (SSSR count). The highest BCUT2D eigenvalue weighted by atomic mass is 16.7. The Morgan fingerprint density at radius 2 is 1.72 bits per heavy atom. The molecule has 8 nitrogen and oxygen atoms in total. The van der Waals surface area contributed by atoms with Crippen molar-refractivity contribution in [2.24, 2.45) is 0 Å². The zero-order valence-electron chi connectivity index (χ0n) is 20.8. The van der Waals surface area contributed by atoms with Gasteiger partial charge in [0, 0.05) is 29.3 Å². The molecule has 1 fully saturated rings. The quantitative estimate of drug-likeness (QED) is 0.371. The Labute approximate surface area is 209 Å². The zero-order chi connectivity index (χ0) is 25.9. The van der Waals surface area contributed by atoms with Crippen molar-refractivity contribution in [3.63, 3.8) is 0 Å². The summed E-state index contributed by atoms with van der Waals surface area (Å²) < 4.78 is 16.4. The summed E-state index contributed by atoms with van der Waals surface area (Å²) in [7, 11) is 0. The van der Waals surface area contributed by atoms with Crippen LogP contribution in [-0.2, 0) is 20.8 Å². The second-order valence-electron chi connectivity index (χ2n) is 9.79. The molecule has 2 aromatic carbocycles. The van der Waals surface area contributed by atoms with Crippen LogP contribution < -0.4 is 5.56 Å². The smallest absolute Gasteiger partial charge is 0.338 e. The van der Waals surface area contributed by atoms with E-state index in [0.29, 0.717) is 41.7 Å². The fraction of sp³-hybridized carbons (Fsp3) is 0.393. The molecule has 0 unspecified atom stereocenters. The van der Waals surface area contributed by atoms with Gasteiger partial charge in [-0.2, -0.15) is 0 Å². The van der Waals surface area contributed by atoms with Gasteiger partial charge in [0.2, 0.25) is 0 Å². The topological polar surface area (TPSA) is 115 Å². The van der Waals surface area contributed by atoms with Gasteiger partial charge in [0.1, 0.15) is 5.60 Å². The van der Waals surface area contributed by atoms with Gasteiger partial charge >= 0.3 is 5.97 Å². The third-order valence-electron chi connectivity index (χ3n) is 5.91. The highest BCUT2D eigenvalue weighted by molar-refractivity contribution is 6.02. The van der Waals surface area contributed by atoms with Crippen LogP contribution in [0.3, 0.4) is 0 Å². The second kappa shape index (κ2) is 10.7. The number of carbonyl (C=O) groups excluding carboxylic acids is 2. The maximum Gasteiger partial charge on any atom is 0.338 e. The molecule has 36 heavy (non-hydrogen) atoms. The number of carbonyl (C=O) groups is 2. The number of hydrogen-bond donors (Lipinski definition) is 2. The van der Waals surface area contributed by atoms with Gasteiger partial charge in [0.25, 0.3) is 5.56 Å². The lowest BCUT2D eigenvalue weighted by Gasteiger charge is -2.22. The molecule has 0 saturated carbocycles. The van der Waals surface area contributed by atoms with E-state index in [4.69, 9.17) is 14.2 Å². The number of H-pyrrole nitrogens is 1. The minimum Gasteiger partial charge on any atom is -0.456 e. The lowest BCUT2D eigenvalue weighted by atomic mass is 9.96. The fourth-order valence-electron chi connectivity index (χ4n) is 4.22. The number of esters is 1. The number of ether oxygens (including phenoxy) is 3. The minimum atomic E-state index is -0.581. The lowest BCUT2D eigenvalue weighted by molar-refractivity contribution is -0.180. The number of ketones is 1. The van der Waals surface area contributed by atoms with Gasteiger partial charge in [-0.15, -0.1) is 0 Å². The van der Waals surface area contributed by atoms with Gasteiger partial charge in [-0.05, 0) is 56.5 Å². The molecule has 1 aliphatic rings. The van der Waals surface area contributed by atoms with E-state index in [9.17, 15) is 19.5 Å². The molecule has 0 amide bonds. The van der Waals surface area contributed by atoms with E-state index in [0.717, 1.165) is 17.5 Å². The first-order valence-electron chi connectivity index (χ1n) is 12.1. The van der Waals surface area contributed by atoms with Crippen LogP contribution in [0.4, 0.5) is 0 Å². The van der Waals surface area contributed by atoms with Crippen LogP contribution in [0.1, 0.15) is 66.3 Å². The summed E-state index contributed by atoms with van der Waals surface area (Å²) in [4.78, 5) is 40.9. The number of benzene rings is 2. The van der Waals surface area contributed by atoms with E-state index in [1.165, 1.54) is 0 Å². The average Bonchev–Trinajstić information content (AvgIpc) is 2.85. The summed E-state index contributed by atoms with van der Waals surface area (Å²) in [6.45, 7) is 6.17. The van der Waals surface area contributed by atoms with Crippen LogP contribution in [0.2, 0.25) is 0 Å². The number of pyridine rings is 1.